The molecule has 144 valence electrons. The van der Waals surface area contributed by atoms with Crippen LogP contribution in [0.5, 0.6) is 0 Å². The van der Waals surface area contributed by atoms with Gasteiger partial charge in [-0.3, -0.25) is 4.79 Å². The van der Waals surface area contributed by atoms with Crippen molar-refractivity contribution in [2.45, 2.75) is 38.1 Å². The minimum Gasteiger partial charge on any atom is -0.478 e. The van der Waals surface area contributed by atoms with E-state index in [1.165, 1.54) is 24.4 Å². The molecule has 1 aromatic rings. The van der Waals surface area contributed by atoms with E-state index >= 15 is 0 Å². The Morgan fingerprint density at radius 2 is 2.11 bits per heavy atom. The fourth-order valence-electron chi connectivity index (χ4n) is 2.59. The monoisotopic (exact) mass is 375 g/mol. The fraction of sp³-hybridized carbons (Fsp3) is 0.333. The second kappa shape index (κ2) is 9.58. The molecule has 1 heterocycles. The summed E-state index contributed by atoms with van der Waals surface area (Å²) >= 11 is 0. The van der Waals surface area contributed by atoms with Gasteiger partial charge in [-0.25, -0.2) is 19.2 Å². The molecule has 0 aliphatic heterocycles. The van der Waals surface area contributed by atoms with Crippen LogP contribution in [0.1, 0.15) is 32.1 Å². The summed E-state index contributed by atoms with van der Waals surface area (Å²) in [6.45, 7) is 0. The highest BCUT2D eigenvalue weighted by Gasteiger charge is 2.22. The Morgan fingerprint density at radius 1 is 1.37 bits per heavy atom. The summed E-state index contributed by atoms with van der Waals surface area (Å²) in [5.74, 6) is -1.66. The Hall–Kier alpha value is -3.07. The molecule has 9 heteroatoms. The van der Waals surface area contributed by atoms with E-state index in [1.807, 2.05) is 0 Å². The molecule has 0 spiro atoms. The molecule has 0 fully saturated rings. The number of nitrogens with one attached hydrogen (secondary N) is 1. The van der Waals surface area contributed by atoms with Crippen LogP contribution in [0, 0.1) is 5.82 Å². The molecule has 1 unspecified atom stereocenters. The number of hydrogen-bond donors (Lipinski definition) is 4. The van der Waals surface area contributed by atoms with E-state index in [9.17, 15) is 19.1 Å². The lowest BCUT2D eigenvalue weighted by Crippen LogP contribution is -2.42. The highest BCUT2D eigenvalue weighted by Crippen LogP contribution is 2.23. The van der Waals surface area contributed by atoms with Crippen molar-refractivity contribution >= 4 is 23.9 Å². The highest BCUT2D eigenvalue weighted by atomic mass is 19.1. The number of carboxylic acids is 1. The summed E-state index contributed by atoms with van der Waals surface area (Å²) in [5.41, 5.74) is 12.7. The first kappa shape index (κ1) is 20.2. The van der Waals surface area contributed by atoms with Crippen molar-refractivity contribution in [1.29, 1.82) is 0 Å². The van der Waals surface area contributed by atoms with Crippen molar-refractivity contribution in [3.05, 3.63) is 47.2 Å². The molecule has 2 rings (SSSR count). The van der Waals surface area contributed by atoms with E-state index in [4.69, 9.17) is 11.5 Å². The van der Waals surface area contributed by atoms with E-state index in [0.717, 1.165) is 19.0 Å². The van der Waals surface area contributed by atoms with Crippen LogP contribution < -0.4 is 16.8 Å². The number of carboxylic acid groups (broad SMARTS) is 1. The normalized spacial score (nSPS) is 16.4. The molecule has 0 saturated heterocycles. The van der Waals surface area contributed by atoms with Gasteiger partial charge in [-0.15, -0.1) is 0 Å². The van der Waals surface area contributed by atoms with Gasteiger partial charge in [0.25, 0.3) is 0 Å². The first-order chi connectivity index (χ1) is 12.9. The lowest BCUT2D eigenvalue weighted by molar-refractivity contribution is -0.133. The number of halogens is 1. The number of carbonyl (C=O) groups excluding carboxylic acids is 1. The van der Waals surface area contributed by atoms with Crippen molar-refractivity contribution in [1.82, 2.24) is 10.3 Å². The van der Waals surface area contributed by atoms with Crippen LogP contribution in [0.15, 0.2) is 46.4 Å². The fourth-order valence-corrected chi connectivity index (χ4v) is 2.59. The summed E-state index contributed by atoms with van der Waals surface area (Å²) in [5, 5.41) is 11.8. The Labute approximate surface area is 155 Å². The van der Waals surface area contributed by atoms with Gasteiger partial charge in [0.15, 0.2) is 5.82 Å². The molecular weight excluding hydrogens is 353 g/mol. The van der Waals surface area contributed by atoms with Crippen molar-refractivity contribution < 1.29 is 19.1 Å². The van der Waals surface area contributed by atoms with E-state index < -0.39 is 23.7 Å². The molecule has 1 aliphatic rings. The largest absolute Gasteiger partial charge is 0.478 e. The van der Waals surface area contributed by atoms with Gasteiger partial charge in [0, 0.05) is 24.0 Å². The Kier molecular flexibility index (Phi) is 7.18. The van der Waals surface area contributed by atoms with E-state index in [1.54, 1.807) is 0 Å². The van der Waals surface area contributed by atoms with E-state index in [0.29, 0.717) is 30.1 Å². The van der Waals surface area contributed by atoms with Gasteiger partial charge < -0.3 is 21.9 Å². The summed E-state index contributed by atoms with van der Waals surface area (Å²) in [7, 11) is 0. The Morgan fingerprint density at radius 3 is 2.78 bits per heavy atom. The van der Waals surface area contributed by atoms with Gasteiger partial charge in [0.2, 0.25) is 5.91 Å². The SMILES string of the molecule is NC(=CC=Nc1ccc(F)cn1)CC(N)C(=O)NC1=C(C(=O)O)CCCC1. The Bertz CT molecular complexity index is 787. The van der Waals surface area contributed by atoms with Gasteiger partial charge in [0.1, 0.15) is 5.82 Å². The molecule has 1 aromatic heterocycles. The van der Waals surface area contributed by atoms with Crippen LogP contribution in [0.2, 0.25) is 0 Å². The zero-order valence-corrected chi connectivity index (χ0v) is 14.7. The second-order valence-corrected chi connectivity index (χ2v) is 6.12. The molecule has 0 aromatic carbocycles. The van der Waals surface area contributed by atoms with Crippen LogP contribution in [0.3, 0.4) is 0 Å². The smallest absolute Gasteiger partial charge is 0.333 e. The molecule has 1 atom stereocenters. The van der Waals surface area contributed by atoms with Crippen molar-refractivity contribution in [3.8, 4) is 0 Å². The van der Waals surface area contributed by atoms with Crippen LogP contribution in [-0.4, -0.2) is 34.2 Å². The molecule has 1 aliphatic carbocycles. The third kappa shape index (κ3) is 6.30. The molecule has 8 nitrogen and oxygen atoms in total. The third-order valence-corrected chi connectivity index (χ3v) is 4.00. The number of rotatable bonds is 7. The first-order valence-electron chi connectivity index (χ1n) is 8.49. The summed E-state index contributed by atoms with van der Waals surface area (Å²) < 4.78 is 12.8. The first-order valence-corrected chi connectivity index (χ1v) is 8.49. The van der Waals surface area contributed by atoms with Crippen molar-refractivity contribution in [2.24, 2.45) is 16.5 Å². The van der Waals surface area contributed by atoms with Gasteiger partial charge in [-0.2, -0.15) is 0 Å². The van der Waals surface area contributed by atoms with E-state index in [-0.39, 0.29) is 12.0 Å². The Balaban J connectivity index is 1.92. The van der Waals surface area contributed by atoms with Gasteiger partial charge >= 0.3 is 5.97 Å². The van der Waals surface area contributed by atoms with Crippen molar-refractivity contribution in [2.75, 3.05) is 0 Å². The zero-order valence-electron chi connectivity index (χ0n) is 14.7. The van der Waals surface area contributed by atoms with Crippen LogP contribution in [0.4, 0.5) is 10.2 Å². The predicted octanol–water partition coefficient (Wildman–Crippen LogP) is 1.51. The van der Waals surface area contributed by atoms with Crippen LogP contribution >= 0.6 is 0 Å². The molecule has 1 amide bonds. The maximum Gasteiger partial charge on any atom is 0.333 e. The average molecular weight is 375 g/mol. The lowest BCUT2D eigenvalue weighted by Gasteiger charge is -2.20. The standard InChI is InChI=1S/C18H22FN5O3/c19-11-5-6-16(23-10-11)22-8-7-12(20)9-14(21)17(25)24-15-4-2-1-3-13(15)18(26)27/h5-8,10,14H,1-4,9,20-21H2,(H,24,25)(H,26,27). The van der Waals surface area contributed by atoms with Crippen LogP contribution in [-0.2, 0) is 9.59 Å². The maximum atomic E-state index is 12.8. The number of allylic oxidation sites excluding steroid dienone is 2. The summed E-state index contributed by atoms with van der Waals surface area (Å²) in [4.78, 5) is 31.2. The van der Waals surface area contributed by atoms with Gasteiger partial charge in [-0.1, -0.05) is 0 Å². The average Bonchev–Trinajstić information content (AvgIpc) is 2.63. The number of aliphatic carboxylic acids is 1. The molecule has 6 N–H and O–H groups in total. The number of pyridine rings is 1. The second-order valence-electron chi connectivity index (χ2n) is 6.12. The number of hydrogen-bond acceptors (Lipinski definition) is 6. The molecule has 0 radical (unpaired) electrons. The van der Waals surface area contributed by atoms with E-state index in [2.05, 4.69) is 15.3 Å². The number of nitrogens with zero attached hydrogens (tertiary/aromatic N) is 2. The van der Waals surface area contributed by atoms with Gasteiger partial charge in [-0.05, 0) is 43.9 Å². The number of nitrogens with two attached hydrogens (primary N) is 2. The topological polar surface area (TPSA) is 144 Å². The summed E-state index contributed by atoms with van der Waals surface area (Å²) in [6, 6.07) is 1.72. The third-order valence-electron chi connectivity index (χ3n) is 4.00. The number of aromatic nitrogens is 1. The lowest BCUT2D eigenvalue weighted by atomic mass is 9.96. The molecular formula is C18H22FN5O3. The van der Waals surface area contributed by atoms with Crippen molar-refractivity contribution in [3.63, 3.8) is 0 Å². The number of amides is 1. The molecule has 0 saturated carbocycles. The summed E-state index contributed by atoms with van der Waals surface area (Å²) in [6.07, 6.45) is 6.50. The zero-order chi connectivity index (χ0) is 19.8. The minimum atomic E-state index is -1.02. The number of carbonyl (C=O) groups is 2. The maximum absolute atomic E-state index is 12.8. The predicted molar refractivity (Wildman–Crippen MR) is 98.5 cm³/mol. The van der Waals surface area contributed by atoms with Gasteiger partial charge in [0.05, 0.1) is 17.8 Å². The van der Waals surface area contributed by atoms with Crippen LogP contribution in [0.25, 0.3) is 0 Å². The minimum absolute atomic E-state index is 0.0738. The molecule has 0 bridgehead atoms. The number of aliphatic imine (C=N–C) groups is 1. The molecule has 27 heavy (non-hydrogen) atoms. The quantitative estimate of drug-likeness (QED) is 0.532. The highest BCUT2D eigenvalue weighted by molar-refractivity contribution is 5.90.